The average molecular weight is 291 g/mol. The summed E-state index contributed by atoms with van der Waals surface area (Å²) in [6.07, 6.45) is 2.20. The van der Waals surface area contributed by atoms with Gasteiger partial charge in [-0.15, -0.1) is 0 Å². The molecule has 1 fully saturated rings. The monoisotopic (exact) mass is 290 g/mol. The number of hydrogen-bond acceptors (Lipinski definition) is 4. The highest BCUT2D eigenvalue weighted by atomic mass is 79.9. The lowest BCUT2D eigenvalue weighted by atomic mass is 9.96. The Morgan fingerprint density at radius 3 is 3.07 bits per heavy atom. The number of nitrogens with one attached hydrogen (secondary N) is 1. The topological polar surface area (TPSA) is 47.3 Å². The number of rotatable bonds is 4. The standard InChI is InChI=1S/C10H15BrN2OS/c11-9-6-15-5-8(9)10(13-12)3-7-1-2-14-4-7/h5-7,10,13H,1-4,12H2. The van der Waals surface area contributed by atoms with Crippen molar-refractivity contribution in [2.45, 2.75) is 18.9 Å². The number of ether oxygens (including phenoxy) is 1. The van der Waals surface area contributed by atoms with E-state index in [0.717, 1.165) is 30.5 Å². The molecule has 2 rings (SSSR count). The molecule has 0 amide bonds. The first-order valence-corrected chi connectivity index (χ1v) is 6.80. The molecule has 0 saturated carbocycles. The molecule has 1 aliphatic rings. The lowest BCUT2D eigenvalue weighted by Crippen LogP contribution is -2.29. The maximum absolute atomic E-state index is 5.60. The van der Waals surface area contributed by atoms with E-state index in [2.05, 4.69) is 32.1 Å². The van der Waals surface area contributed by atoms with Crippen LogP contribution >= 0.6 is 27.3 Å². The fourth-order valence-electron chi connectivity index (χ4n) is 1.93. The maximum atomic E-state index is 5.60. The largest absolute Gasteiger partial charge is 0.381 e. The van der Waals surface area contributed by atoms with E-state index >= 15 is 0 Å². The van der Waals surface area contributed by atoms with Gasteiger partial charge in [0, 0.05) is 29.1 Å². The molecule has 3 N–H and O–H groups in total. The Balaban J connectivity index is 2.00. The normalized spacial score (nSPS) is 23.2. The second-order valence-electron chi connectivity index (χ2n) is 3.86. The molecule has 1 saturated heterocycles. The van der Waals surface area contributed by atoms with Crippen LogP contribution in [0, 0.1) is 5.92 Å². The van der Waals surface area contributed by atoms with Crippen molar-refractivity contribution in [1.29, 1.82) is 0 Å². The van der Waals surface area contributed by atoms with E-state index in [1.807, 2.05) is 0 Å². The molecule has 1 aliphatic heterocycles. The summed E-state index contributed by atoms with van der Waals surface area (Å²) in [6.45, 7) is 1.77. The zero-order chi connectivity index (χ0) is 10.7. The van der Waals surface area contributed by atoms with Crippen molar-refractivity contribution >= 4 is 27.3 Å². The summed E-state index contributed by atoms with van der Waals surface area (Å²) in [5, 5.41) is 4.23. The van der Waals surface area contributed by atoms with Gasteiger partial charge in [-0.25, -0.2) is 0 Å². The molecule has 5 heteroatoms. The summed E-state index contributed by atoms with van der Waals surface area (Å²) >= 11 is 5.23. The van der Waals surface area contributed by atoms with Crippen molar-refractivity contribution < 1.29 is 4.74 Å². The van der Waals surface area contributed by atoms with E-state index in [-0.39, 0.29) is 6.04 Å². The predicted molar refractivity (Wildman–Crippen MR) is 65.6 cm³/mol. The Morgan fingerprint density at radius 1 is 1.67 bits per heavy atom. The van der Waals surface area contributed by atoms with Crippen molar-refractivity contribution in [2.24, 2.45) is 11.8 Å². The zero-order valence-electron chi connectivity index (χ0n) is 8.41. The van der Waals surface area contributed by atoms with E-state index in [0.29, 0.717) is 5.92 Å². The third kappa shape index (κ3) is 2.79. The van der Waals surface area contributed by atoms with Gasteiger partial charge >= 0.3 is 0 Å². The van der Waals surface area contributed by atoms with Gasteiger partial charge in [0.1, 0.15) is 0 Å². The van der Waals surface area contributed by atoms with Crippen LogP contribution in [0.5, 0.6) is 0 Å². The fourth-order valence-corrected chi connectivity index (χ4v) is 3.55. The van der Waals surface area contributed by atoms with Crippen LogP contribution in [-0.2, 0) is 4.74 Å². The highest BCUT2D eigenvalue weighted by molar-refractivity contribution is 9.10. The van der Waals surface area contributed by atoms with Crippen LogP contribution in [0.4, 0.5) is 0 Å². The van der Waals surface area contributed by atoms with Crippen LogP contribution in [0.25, 0.3) is 0 Å². The molecule has 0 aromatic carbocycles. The average Bonchev–Trinajstić information content (AvgIpc) is 2.85. The summed E-state index contributed by atoms with van der Waals surface area (Å²) < 4.78 is 6.52. The number of hydrazine groups is 1. The maximum Gasteiger partial charge on any atom is 0.0495 e. The Morgan fingerprint density at radius 2 is 2.53 bits per heavy atom. The van der Waals surface area contributed by atoms with Crippen molar-refractivity contribution in [3.05, 3.63) is 20.8 Å². The van der Waals surface area contributed by atoms with E-state index in [4.69, 9.17) is 10.6 Å². The van der Waals surface area contributed by atoms with Crippen LogP contribution in [0.3, 0.4) is 0 Å². The number of nitrogens with two attached hydrogens (primary N) is 1. The first kappa shape index (κ1) is 11.5. The van der Waals surface area contributed by atoms with Crippen molar-refractivity contribution in [1.82, 2.24) is 5.43 Å². The lowest BCUT2D eigenvalue weighted by molar-refractivity contribution is 0.181. The van der Waals surface area contributed by atoms with Crippen molar-refractivity contribution in [3.8, 4) is 0 Å². The molecule has 0 radical (unpaired) electrons. The van der Waals surface area contributed by atoms with Gasteiger partial charge in [-0.1, -0.05) is 0 Å². The molecule has 1 aromatic heterocycles. The molecule has 2 atom stereocenters. The highest BCUT2D eigenvalue weighted by Crippen LogP contribution is 2.32. The Kier molecular flexibility index (Phi) is 4.16. The molecule has 2 unspecified atom stereocenters. The molecule has 0 spiro atoms. The van der Waals surface area contributed by atoms with Gasteiger partial charge in [-0.3, -0.25) is 11.3 Å². The van der Waals surface area contributed by atoms with Crippen LogP contribution in [0.15, 0.2) is 15.2 Å². The van der Waals surface area contributed by atoms with E-state index in [1.165, 1.54) is 5.56 Å². The van der Waals surface area contributed by atoms with Gasteiger partial charge in [-0.2, -0.15) is 11.3 Å². The van der Waals surface area contributed by atoms with Crippen LogP contribution in [-0.4, -0.2) is 13.2 Å². The number of halogens is 1. The van der Waals surface area contributed by atoms with Crippen molar-refractivity contribution in [2.75, 3.05) is 13.2 Å². The summed E-state index contributed by atoms with van der Waals surface area (Å²) in [6, 6.07) is 0.234. The van der Waals surface area contributed by atoms with Gasteiger partial charge in [-0.05, 0) is 45.6 Å². The summed E-state index contributed by atoms with van der Waals surface area (Å²) in [7, 11) is 0. The second kappa shape index (κ2) is 5.41. The van der Waals surface area contributed by atoms with Gasteiger partial charge in [0.25, 0.3) is 0 Å². The first-order chi connectivity index (χ1) is 7.31. The van der Waals surface area contributed by atoms with Crippen molar-refractivity contribution in [3.63, 3.8) is 0 Å². The minimum Gasteiger partial charge on any atom is -0.381 e. The lowest BCUT2D eigenvalue weighted by Gasteiger charge is -2.18. The molecule has 1 aromatic rings. The number of thiophene rings is 1. The summed E-state index contributed by atoms with van der Waals surface area (Å²) in [5.74, 6) is 6.24. The van der Waals surface area contributed by atoms with E-state index in [9.17, 15) is 0 Å². The molecule has 3 nitrogen and oxygen atoms in total. The van der Waals surface area contributed by atoms with Crippen LogP contribution < -0.4 is 11.3 Å². The summed E-state index contributed by atoms with van der Waals surface area (Å²) in [5.41, 5.74) is 4.15. The van der Waals surface area contributed by atoms with E-state index < -0.39 is 0 Å². The molecular weight excluding hydrogens is 276 g/mol. The fraction of sp³-hybridized carbons (Fsp3) is 0.600. The highest BCUT2D eigenvalue weighted by Gasteiger charge is 2.22. The molecule has 15 heavy (non-hydrogen) atoms. The molecule has 0 bridgehead atoms. The zero-order valence-corrected chi connectivity index (χ0v) is 10.8. The molecule has 0 aliphatic carbocycles. The Hall–Kier alpha value is 0.0600. The Labute approximate surface area is 102 Å². The van der Waals surface area contributed by atoms with Gasteiger partial charge in [0.2, 0.25) is 0 Å². The first-order valence-electron chi connectivity index (χ1n) is 5.06. The SMILES string of the molecule is NNC(CC1CCOC1)c1cscc1Br. The Bertz CT molecular complexity index is 312. The van der Waals surface area contributed by atoms with Gasteiger partial charge < -0.3 is 4.74 Å². The summed E-state index contributed by atoms with van der Waals surface area (Å²) in [4.78, 5) is 0. The minimum absolute atomic E-state index is 0.234. The van der Waals surface area contributed by atoms with E-state index in [1.54, 1.807) is 11.3 Å². The third-order valence-corrected chi connectivity index (χ3v) is 4.56. The quantitative estimate of drug-likeness (QED) is 0.661. The van der Waals surface area contributed by atoms with Crippen LogP contribution in [0.2, 0.25) is 0 Å². The number of hydrogen-bond donors (Lipinski definition) is 2. The van der Waals surface area contributed by atoms with Gasteiger partial charge in [0.05, 0.1) is 0 Å². The minimum atomic E-state index is 0.234. The second-order valence-corrected chi connectivity index (χ2v) is 5.46. The molecule has 2 heterocycles. The molecule has 84 valence electrons. The smallest absolute Gasteiger partial charge is 0.0495 e. The third-order valence-electron chi connectivity index (χ3n) is 2.81. The molecular formula is C10H15BrN2OS. The predicted octanol–water partition coefficient (Wildman–Crippen LogP) is 2.44. The van der Waals surface area contributed by atoms with Gasteiger partial charge in [0.15, 0.2) is 0 Å². The van der Waals surface area contributed by atoms with Crippen LogP contribution in [0.1, 0.15) is 24.4 Å².